The number of anilines is 1. The van der Waals surface area contributed by atoms with Crippen LogP contribution in [0.1, 0.15) is 0 Å². The summed E-state index contributed by atoms with van der Waals surface area (Å²) in [6.07, 6.45) is 1.88. The first-order valence-electron chi connectivity index (χ1n) is 5.93. The SMILES string of the molecule is C=CCSCCNc1ccc(S(=O)(=O)N(C)C)cc1. The van der Waals surface area contributed by atoms with Gasteiger partial charge in [-0.3, -0.25) is 0 Å². The molecule has 1 aromatic carbocycles. The van der Waals surface area contributed by atoms with Crippen LogP contribution in [0.2, 0.25) is 0 Å². The van der Waals surface area contributed by atoms with Gasteiger partial charge in [0.1, 0.15) is 0 Å². The normalized spacial score (nSPS) is 11.5. The second-order valence-electron chi connectivity index (χ2n) is 4.10. The van der Waals surface area contributed by atoms with E-state index in [-0.39, 0.29) is 0 Å². The highest BCUT2D eigenvalue weighted by atomic mass is 32.2. The fourth-order valence-electron chi connectivity index (χ4n) is 1.39. The summed E-state index contributed by atoms with van der Waals surface area (Å²) in [4.78, 5) is 0.309. The Balaban J connectivity index is 2.55. The molecule has 1 rings (SSSR count). The Morgan fingerprint density at radius 1 is 1.32 bits per heavy atom. The average molecular weight is 300 g/mol. The Morgan fingerprint density at radius 3 is 2.47 bits per heavy atom. The van der Waals surface area contributed by atoms with Crippen molar-refractivity contribution in [3.05, 3.63) is 36.9 Å². The third kappa shape index (κ3) is 4.89. The van der Waals surface area contributed by atoms with Crippen LogP contribution in [0.4, 0.5) is 5.69 Å². The highest BCUT2D eigenvalue weighted by molar-refractivity contribution is 7.99. The van der Waals surface area contributed by atoms with Gasteiger partial charge in [0, 0.05) is 37.8 Å². The van der Waals surface area contributed by atoms with E-state index in [0.29, 0.717) is 4.90 Å². The summed E-state index contributed by atoms with van der Waals surface area (Å²) in [7, 11) is -0.284. The van der Waals surface area contributed by atoms with Crippen LogP contribution in [0.3, 0.4) is 0 Å². The van der Waals surface area contributed by atoms with Crippen LogP contribution in [-0.4, -0.2) is 44.9 Å². The molecular formula is C13H20N2O2S2. The molecule has 0 radical (unpaired) electrons. The Kier molecular flexibility index (Phi) is 6.41. The molecule has 0 aliphatic heterocycles. The first kappa shape index (κ1) is 16.1. The van der Waals surface area contributed by atoms with Crippen molar-refractivity contribution < 1.29 is 8.42 Å². The molecule has 0 atom stereocenters. The standard InChI is InChI=1S/C13H20N2O2S2/c1-4-10-18-11-9-14-12-5-7-13(8-6-12)19(16,17)15(2)3/h4-8,14H,1,9-11H2,2-3H3. The predicted octanol–water partition coefficient (Wildman–Crippen LogP) is 2.27. The number of hydrogen-bond donors (Lipinski definition) is 1. The van der Waals surface area contributed by atoms with Gasteiger partial charge in [-0.2, -0.15) is 11.8 Å². The molecule has 0 aromatic heterocycles. The molecule has 0 spiro atoms. The minimum absolute atomic E-state index is 0.309. The number of nitrogens with zero attached hydrogens (tertiary/aromatic N) is 1. The first-order chi connectivity index (χ1) is 8.98. The number of benzene rings is 1. The molecule has 0 saturated carbocycles. The summed E-state index contributed by atoms with van der Waals surface area (Å²) >= 11 is 1.80. The second kappa shape index (κ2) is 7.57. The zero-order valence-corrected chi connectivity index (χ0v) is 12.9. The van der Waals surface area contributed by atoms with Gasteiger partial charge in [0.05, 0.1) is 4.90 Å². The van der Waals surface area contributed by atoms with Crippen LogP contribution in [0.15, 0.2) is 41.8 Å². The molecular weight excluding hydrogens is 280 g/mol. The molecule has 106 valence electrons. The zero-order valence-electron chi connectivity index (χ0n) is 11.3. The molecule has 4 nitrogen and oxygen atoms in total. The van der Waals surface area contributed by atoms with Crippen molar-refractivity contribution in [2.75, 3.05) is 37.5 Å². The largest absolute Gasteiger partial charge is 0.384 e. The fraction of sp³-hybridized carbons (Fsp3) is 0.385. The van der Waals surface area contributed by atoms with Crippen molar-refractivity contribution in [3.63, 3.8) is 0 Å². The highest BCUT2D eigenvalue weighted by Crippen LogP contribution is 2.16. The van der Waals surface area contributed by atoms with Gasteiger partial charge in [-0.05, 0) is 24.3 Å². The Bertz CT molecular complexity index is 496. The number of sulfonamides is 1. The van der Waals surface area contributed by atoms with Crippen molar-refractivity contribution >= 4 is 27.5 Å². The maximum absolute atomic E-state index is 11.9. The van der Waals surface area contributed by atoms with Gasteiger partial charge in [-0.1, -0.05) is 6.08 Å². The summed E-state index contributed by atoms with van der Waals surface area (Å²) < 4.78 is 24.9. The zero-order chi connectivity index (χ0) is 14.3. The van der Waals surface area contributed by atoms with Gasteiger partial charge < -0.3 is 5.32 Å². The molecule has 19 heavy (non-hydrogen) atoms. The van der Waals surface area contributed by atoms with Gasteiger partial charge in [0.15, 0.2) is 0 Å². The van der Waals surface area contributed by atoms with E-state index in [1.807, 2.05) is 6.08 Å². The van der Waals surface area contributed by atoms with Gasteiger partial charge in [0.25, 0.3) is 0 Å². The molecule has 0 bridgehead atoms. The summed E-state index contributed by atoms with van der Waals surface area (Å²) in [5, 5.41) is 3.25. The minimum Gasteiger partial charge on any atom is -0.384 e. The third-order valence-corrected chi connectivity index (χ3v) is 5.24. The maximum Gasteiger partial charge on any atom is 0.242 e. The lowest BCUT2D eigenvalue weighted by Gasteiger charge is -2.12. The van der Waals surface area contributed by atoms with Crippen molar-refractivity contribution in [3.8, 4) is 0 Å². The van der Waals surface area contributed by atoms with E-state index in [1.165, 1.54) is 18.4 Å². The summed E-state index contributed by atoms with van der Waals surface area (Å²) in [6.45, 7) is 4.51. The molecule has 0 saturated heterocycles. The van der Waals surface area contributed by atoms with E-state index >= 15 is 0 Å². The molecule has 0 amide bonds. The molecule has 1 aromatic rings. The Hall–Kier alpha value is -0.980. The van der Waals surface area contributed by atoms with Crippen LogP contribution >= 0.6 is 11.8 Å². The summed E-state index contributed by atoms with van der Waals surface area (Å²) in [5.74, 6) is 1.94. The van der Waals surface area contributed by atoms with Crippen molar-refractivity contribution in [2.45, 2.75) is 4.90 Å². The quantitative estimate of drug-likeness (QED) is 0.591. The molecule has 0 heterocycles. The van der Waals surface area contributed by atoms with Crippen LogP contribution in [-0.2, 0) is 10.0 Å². The summed E-state index contributed by atoms with van der Waals surface area (Å²) in [6, 6.07) is 6.81. The smallest absolute Gasteiger partial charge is 0.242 e. The Morgan fingerprint density at radius 2 is 1.95 bits per heavy atom. The predicted molar refractivity (Wildman–Crippen MR) is 83.3 cm³/mol. The topological polar surface area (TPSA) is 49.4 Å². The van der Waals surface area contributed by atoms with E-state index in [0.717, 1.165) is 23.7 Å². The van der Waals surface area contributed by atoms with Crippen LogP contribution in [0, 0.1) is 0 Å². The lowest BCUT2D eigenvalue weighted by atomic mass is 10.3. The van der Waals surface area contributed by atoms with Gasteiger partial charge in [-0.25, -0.2) is 12.7 Å². The third-order valence-electron chi connectivity index (χ3n) is 2.44. The van der Waals surface area contributed by atoms with Gasteiger partial charge >= 0.3 is 0 Å². The minimum atomic E-state index is -3.34. The lowest BCUT2D eigenvalue weighted by molar-refractivity contribution is 0.521. The lowest BCUT2D eigenvalue weighted by Crippen LogP contribution is -2.22. The monoisotopic (exact) mass is 300 g/mol. The Labute approximate surface area is 119 Å². The van der Waals surface area contributed by atoms with Crippen LogP contribution in [0.25, 0.3) is 0 Å². The van der Waals surface area contributed by atoms with Crippen LogP contribution < -0.4 is 5.32 Å². The average Bonchev–Trinajstić information content (AvgIpc) is 2.39. The highest BCUT2D eigenvalue weighted by Gasteiger charge is 2.16. The first-order valence-corrected chi connectivity index (χ1v) is 8.53. The number of nitrogens with one attached hydrogen (secondary N) is 1. The maximum atomic E-state index is 11.9. The molecule has 1 N–H and O–H groups in total. The molecule has 0 aliphatic rings. The fourth-order valence-corrected chi connectivity index (χ4v) is 2.87. The van der Waals surface area contributed by atoms with Crippen molar-refractivity contribution in [1.82, 2.24) is 4.31 Å². The number of thioether (sulfide) groups is 1. The van der Waals surface area contributed by atoms with E-state index in [2.05, 4.69) is 11.9 Å². The van der Waals surface area contributed by atoms with E-state index in [4.69, 9.17) is 0 Å². The summed E-state index contributed by atoms with van der Waals surface area (Å²) in [5.41, 5.74) is 0.928. The van der Waals surface area contributed by atoms with Gasteiger partial charge in [-0.15, -0.1) is 6.58 Å². The van der Waals surface area contributed by atoms with Crippen LogP contribution in [0.5, 0.6) is 0 Å². The van der Waals surface area contributed by atoms with Gasteiger partial charge in [0.2, 0.25) is 10.0 Å². The second-order valence-corrected chi connectivity index (χ2v) is 7.40. The van der Waals surface area contributed by atoms with E-state index < -0.39 is 10.0 Å². The number of rotatable bonds is 8. The van der Waals surface area contributed by atoms with E-state index in [1.54, 1.807) is 36.0 Å². The molecule has 0 aliphatic carbocycles. The van der Waals surface area contributed by atoms with Crippen molar-refractivity contribution in [2.24, 2.45) is 0 Å². The molecule has 6 heteroatoms. The van der Waals surface area contributed by atoms with E-state index in [9.17, 15) is 8.42 Å². The molecule has 0 fully saturated rings. The van der Waals surface area contributed by atoms with Crippen molar-refractivity contribution in [1.29, 1.82) is 0 Å². The number of hydrogen-bond acceptors (Lipinski definition) is 4. The molecule has 0 unspecified atom stereocenters.